The first-order valence-electron chi connectivity index (χ1n) is 4.57. The van der Waals surface area contributed by atoms with Gasteiger partial charge in [0.1, 0.15) is 5.82 Å². The Morgan fingerprint density at radius 1 is 1.54 bits per heavy atom. The largest absolute Gasteiger partial charge is 0.502 e. The standard InChI is InChI=1S/C7H8N2O2.C2H6/c10-5-4-8-6-2-1-3-9(6)7(5)11;1-2/h4,10H,1-3H2;1-2H3. The zero-order chi connectivity index (χ0) is 9.84. The van der Waals surface area contributed by atoms with Gasteiger partial charge in [0, 0.05) is 13.0 Å². The number of nitrogens with zero attached hydrogens (tertiary/aromatic N) is 2. The first kappa shape index (κ1) is 9.77. The zero-order valence-electron chi connectivity index (χ0n) is 7.95. The quantitative estimate of drug-likeness (QED) is 0.649. The topological polar surface area (TPSA) is 55.1 Å². The van der Waals surface area contributed by atoms with E-state index in [1.807, 2.05) is 13.8 Å². The van der Waals surface area contributed by atoms with Crippen LogP contribution in [-0.4, -0.2) is 14.7 Å². The van der Waals surface area contributed by atoms with Crippen LogP contribution in [0.25, 0.3) is 0 Å². The van der Waals surface area contributed by atoms with Crippen LogP contribution in [0, 0.1) is 0 Å². The van der Waals surface area contributed by atoms with Crippen molar-refractivity contribution in [1.29, 1.82) is 0 Å². The highest BCUT2D eigenvalue weighted by Gasteiger charge is 2.14. The number of aromatic nitrogens is 2. The SMILES string of the molecule is CC.O=c1c(O)cnc2n1CCC2. The highest BCUT2D eigenvalue weighted by molar-refractivity contribution is 5.13. The van der Waals surface area contributed by atoms with Crippen LogP contribution in [0.5, 0.6) is 5.75 Å². The average Bonchev–Trinajstić information content (AvgIpc) is 2.63. The number of aryl methyl sites for hydroxylation is 1. The Labute approximate surface area is 76.9 Å². The van der Waals surface area contributed by atoms with E-state index >= 15 is 0 Å². The molecule has 0 fully saturated rings. The third-order valence-electron chi connectivity index (χ3n) is 1.89. The van der Waals surface area contributed by atoms with Gasteiger partial charge in [-0.05, 0) is 6.42 Å². The van der Waals surface area contributed by atoms with Gasteiger partial charge in [0.25, 0.3) is 5.56 Å². The summed E-state index contributed by atoms with van der Waals surface area (Å²) in [6.07, 6.45) is 3.01. The summed E-state index contributed by atoms with van der Waals surface area (Å²) in [5.41, 5.74) is -0.312. The van der Waals surface area contributed by atoms with Crippen LogP contribution in [0.2, 0.25) is 0 Å². The lowest BCUT2D eigenvalue weighted by Gasteiger charge is -1.99. The number of hydrogen-bond donors (Lipinski definition) is 1. The summed E-state index contributed by atoms with van der Waals surface area (Å²) in [5, 5.41) is 8.99. The normalized spacial score (nSPS) is 13.1. The molecule has 1 aromatic rings. The molecule has 0 aromatic carbocycles. The molecule has 4 heteroatoms. The molecule has 0 spiro atoms. The number of aromatic hydroxyl groups is 1. The summed E-state index contributed by atoms with van der Waals surface area (Å²) < 4.78 is 1.52. The van der Waals surface area contributed by atoms with Crippen LogP contribution in [0.3, 0.4) is 0 Å². The van der Waals surface area contributed by atoms with E-state index in [1.54, 1.807) is 0 Å². The van der Waals surface area contributed by atoms with E-state index in [2.05, 4.69) is 4.98 Å². The van der Waals surface area contributed by atoms with Crippen molar-refractivity contribution in [3.8, 4) is 5.75 Å². The average molecular weight is 182 g/mol. The second-order valence-corrected chi connectivity index (χ2v) is 2.62. The Hall–Kier alpha value is -1.32. The minimum Gasteiger partial charge on any atom is -0.502 e. The molecule has 1 aliphatic rings. The van der Waals surface area contributed by atoms with E-state index in [4.69, 9.17) is 5.11 Å². The summed E-state index contributed by atoms with van der Waals surface area (Å²) in [4.78, 5) is 15.1. The lowest BCUT2D eigenvalue weighted by Crippen LogP contribution is -2.19. The van der Waals surface area contributed by atoms with Crippen LogP contribution in [-0.2, 0) is 13.0 Å². The van der Waals surface area contributed by atoms with Gasteiger partial charge in [-0.1, -0.05) is 13.8 Å². The predicted molar refractivity (Wildman–Crippen MR) is 49.8 cm³/mol. The van der Waals surface area contributed by atoms with Crippen molar-refractivity contribution < 1.29 is 5.11 Å². The highest BCUT2D eigenvalue weighted by atomic mass is 16.3. The Bertz CT molecular complexity index is 344. The molecule has 0 aliphatic carbocycles. The van der Waals surface area contributed by atoms with Gasteiger partial charge < -0.3 is 5.11 Å². The van der Waals surface area contributed by atoms with Gasteiger partial charge in [-0.25, -0.2) is 4.98 Å². The fraction of sp³-hybridized carbons (Fsp3) is 0.556. The molecular weight excluding hydrogens is 168 g/mol. The van der Waals surface area contributed by atoms with Gasteiger partial charge in [-0.2, -0.15) is 0 Å². The van der Waals surface area contributed by atoms with E-state index < -0.39 is 0 Å². The van der Waals surface area contributed by atoms with E-state index in [1.165, 1.54) is 10.8 Å². The van der Waals surface area contributed by atoms with Gasteiger partial charge in [0.2, 0.25) is 0 Å². The number of rotatable bonds is 0. The van der Waals surface area contributed by atoms with Gasteiger partial charge in [-0.15, -0.1) is 0 Å². The van der Waals surface area contributed by atoms with Gasteiger partial charge in [0.05, 0.1) is 6.20 Å². The Morgan fingerprint density at radius 3 is 2.92 bits per heavy atom. The van der Waals surface area contributed by atoms with Crippen molar-refractivity contribution in [2.45, 2.75) is 33.2 Å². The molecule has 0 amide bonds. The molecule has 1 aromatic heterocycles. The van der Waals surface area contributed by atoms with Gasteiger partial charge in [0.15, 0.2) is 5.75 Å². The van der Waals surface area contributed by atoms with Crippen molar-refractivity contribution in [1.82, 2.24) is 9.55 Å². The molecule has 0 bridgehead atoms. The molecule has 2 rings (SSSR count). The van der Waals surface area contributed by atoms with Crippen molar-refractivity contribution in [3.05, 3.63) is 22.4 Å². The predicted octanol–water partition coefficient (Wildman–Crippen LogP) is 0.921. The summed E-state index contributed by atoms with van der Waals surface area (Å²) in [7, 11) is 0. The van der Waals surface area contributed by atoms with Crippen molar-refractivity contribution in [2.75, 3.05) is 0 Å². The van der Waals surface area contributed by atoms with E-state index in [0.717, 1.165) is 18.7 Å². The molecule has 0 atom stereocenters. The minimum absolute atomic E-state index is 0.254. The van der Waals surface area contributed by atoms with E-state index in [-0.39, 0.29) is 11.3 Å². The first-order valence-corrected chi connectivity index (χ1v) is 4.57. The second-order valence-electron chi connectivity index (χ2n) is 2.62. The molecule has 0 radical (unpaired) electrons. The molecule has 0 saturated heterocycles. The summed E-state index contributed by atoms with van der Waals surface area (Å²) in [5.74, 6) is 0.531. The molecule has 0 saturated carbocycles. The maximum Gasteiger partial charge on any atom is 0.295 e. The molecular formula is C9H14N2O2. The first-order chi connectivity index (χ1) is 6.29. The second kappa shape index (κ2) is 4.07. The lowest BCUT2D eigenvalue weighted by atomic mass is 10.4. The lowest BCUT2D eigenvalue weighted by molar-refractivity contribution is 0.454. The summed E-state index contributed by atoms with van der Waals surface area (Å²) in [6.45, 7) is 4.69. The zero-order valence-corrected chi connectivity index (χ0v) is 7.95. The highest BCUT2D eigenvalue weighted by Crippen LogP contribution is 2.10. The molecule has 0 unspecified atom stereocenters. The molecule has 4 nitrogen and oxygen atoms in total. The number of fused-ring (bicyclic) bond motifs is 1. The molecule has 72 valence electrons. The van der Waals surface area contributed by atoms with Crippen molar-refractivity contribution >= 4 is 0 Å². The van der Waals surface area contributed by atoms with Crippen LogP contribution in [0.15, 0.2) is 11.0 Å². The van der Waals surface area contributed by atoms with Crippen LogP contribution < -0.4 is 5.56 Å². The monoisotopic (exact) mass is 182 g/mol. The van der Waals surface area contributed by atoms with E-state index in [9.17, 15) is 4.79 Å². The molecule has 13 heavy (non-hydrogen) atoms. The fourth-order valence-corrected chi connectivity index (χ4v) is 1.34. The van der Waals surface area contributed by atoms with Crippen molar-refractivity contribution in [2.24, 2.45) is 0 Å². The Balaban J connectivity index is 0.000000396. The Morgan fingerprint density at radius 2 is 2.23 bits per heavy atom. The van der Waals surface area contributed by atoms with Crippen molar-refractivity contribution in [3.63, 3.8) is 0 Å². The van der Waals surface area contributed by atoms with Crippen LogP contribution >= 0.6 is 0 Å². The molecule has 2 heterocycles. The maximum absolute atomic E-state index is 11.1. The number of hydrogen-bond acceptors (Lipinski definition) is 3. The third kappa shape index (κ3) is 1.71. The van der Waals surface area contributed by atoms with Gasteiger partial charge >= 0.3 is 0 Å². The fourth-order valence-electron chi connectivity index (χ4n) is 1.34. The molecule has 1 N–H and O–H groups in total. The molecule has 1 aliphatic heterocycles. The van der Waals surface area contributed by atoms with E-state index in [0.29, 0.717) is 6.54 Å². The smallest absolute Gasteiger partial charge is 0.295 e. The summed E-state index contributed by atoms with van der Waals surface area (Å²) in [6, 6.07) is 0. The minimum atomic E-state index is -0.312. The van der Waals surface area contributed by atoms with Crippen LogP contribution in [0.1, 0.15) is 26.1 Å². The van der Waals surface area contributed by atoms with Gasteiger partial charge in [-0.3, -0.25) is 9.36 Å². The Kier molecular flexibility index (Phi) is 3.06. The summed E-state index contributed by atoms with van der Waals surface area (Å²) >= 11 is 0. The maximum atomic E-state index is 11.1. The third-order valence-corrected chi connectivity index (χ3v) is 1.89. The van der Waals surface area contributed by atoms with Crippen LogP contribution in [0.4, 0.5) is 0 Å².